The Bertz CT molecular complexity index is 317. The predicted molar refractivity (Wildman–Crippen MR) is 52.0 cm³/mol. The molecule has 66 valence electrons. The molecule has 0 unspecified atom stereocenters. The quantitative estimate of drug-likeness (QED) is 0.548. The molecule has 0 spiro atoms. The highest BCUT2D eigenvalue weighted by molar-refractivity contribution is 7.98. The second kappa shape index (κ2) is 3.41. The summed E-state index contributed by atoms with van der Waals surface area (Å²) in [4.78, 5) is 0.342. The molecule has 0 aliphatic carbocycles. The lowest BCUT2D eigenvalue weighted by molar-refractivity contribution is 0.605. The number of hydrogen-bond acceptors (Lipinski definition) is 3. The maximum Gasteiger partial charge on any atom is 0.159 e. The van der Waals surface area contributed by atoms with Gasteiger partial charge in [0, 0.05) is 0 Å². The van der Waals surface area contributed by atoms with Crippen molar-refractivity contribution < 1.29 is 4.39 Å². The Hall–Kier alpha value is -0.610. The molecule has 0 aliphatic rings. The Kier molecular flexibility index (Phi) is 2.69. The van der Waals surface area contributed by atoms with Crippen LogP contribution < -0.4 is 11.5 Å². The molecule has 0 atom stereocenters. The molecular formula is C7H8ClFN2S. The summed E-state index contributed by atoms with van der Waals surface area (Å²) in [5.74, 6) is -0.540. The molecule has 0 saturated carbocycles. The Morgan fingerprint density at radius 2 is 2.00 bits per heavy atom. The van der Waals surface area contributed by atoms with E-state index in [1.165, 1.54) is 17.8 Å². The lowest BCUT2D eigenvalue weighted by Gasteiger charge is -2.07. The van der Waals surface area contributed by atoms with Gasteiger partial charge in [-0.1, -0.05) is 11.6 Å². The lowest BCUT2D eigenvalue weighted by atomic mass is 10.3. The van der Waals surface area contributed by atoms with Crippen molar-refractivity contribution in [1.29, 1.82) is 0 Å². The first-order valence-corrected chi connectivity index (χ1v) is 4.75. The van der Waals surface area contributed by atoms with Crippen molar-refractivity contribution in [2.75, 3.05) is 17.7 Å². The van der Waals surface area contributed by atoms with Gasteiger partial charge in [-0.2, -0.15) is 0 Å². The molecule has 0 aliphatic heterocycles. The van der Waals surface area contributed by atoms with Gasteiger partial charge in [-0.05, 0) is 12.3 Å². The van der Waals surface area contributed by atoms with Crippen molar-refractivity contribution in [2.45, 2.75) is 4.90 Å². The summed E-state index contributed by atoms with van der Waals surface area (Å²) in [5.41, 5.74) is 11.4. The molecule has 0 radical (unpaired) electrons. The van der Waals surface area contributed by atoms with Crippen molar-refractivity contribution >= 4 is 34.7 Å². The van der Waals surface area contributed by atoms with Crippen LogP contribution >= 0.6 is 23.4 Å². The normalized spacial score (nSPS) is 10.2. The molecule has 0 aromatic heterocycles. The van der Waals surface area contributed by atoms with E-state index >= 15 is 0 Å². The second-order valence-corrected chi connectivity index (χ2v) is 3.41. The third-order valence-corrected chi connectivity index (χ3v) is 2.63. The smallest absolute Gasteiger partial charge is 0.159 e. The van der Waals surface area contributed by atoms with E-state index in [-0.39, 0.29) is 10.7 Å². The van der Waals surface area contributed by atoms with Gasteiger partial charge < -0.3 is 11.5 Å². The van der Waals surface area contributed by atoms with Gasteiger partial charge in [0.1, 0.15) is 5.02 Å². The van der Waals surface area contributed by atoms with Crippen LogP contribution in [0.4, 0.5) is 15.8 Å². The van der Waals surface area contributed by atoms with E-state index in [1.54, 1.807) is 6.26 Å². The Morgan fingerprint density at radius 3 is 2.50 bits per heavy atom. The zero-order chi connectivity index (χ0) is 9.30. The van der Waals surface area contributed by atoms with Crippen LogP contribution in [-0.4, -0.2) is 6.26 Å². The number of thioether (sulfide) groups is 1. The summed E-state index contributed by atoms with van der Waals surface area (Å²) in [6, 6.07) is 1.46. The predicted octanol–water partition coefficient (Wildman–Crippen LogP) is 2.37. The molecule has 2 nitrogen and oxygen atoms in total. The van der Waals surface area contributed by atoms with Gasteiger partial charge in [0.05, 0.1) is 16.3 Å². The number of hydrogen-bond donors (Lipinski definition) is 2. The summed E-state index contributed by atoms with van der Waals surface area (Å²) in [7, 11) is 0. The minimum Gasteiger partial charge on any atom is -0.398 e. The van der Waals surface area contributed by atoms with Gasteiger partial charge in [0.25, 0.3) is 0 Å². The van der Waals surface area contributed by atoms with E-state index in [4.69, 9.17) is 23.1 Å². The molecule has 1 rings (SSSR count). The van der Waals surface area contributed by atoms with Crippen LogP contribution in [0.2, 0.25) is 5.02 Å². The minimum atomic E-state index is -0.540. The average Bonchev–Trinajstić information content (AvgIpc) is 2.01. The highest BCUT2D eigenvalue weighted by atomic mass is 35.5. The number of halogens is 2. The van der Waals surface area contributed by atoms with Crippen molar-refractivity contribution in [3.63, 3.8) is 0 Å². The fraction of sp³-hybridized carbons (Fsp3) is 0.143. The van der Waals surface area contributed by atoms with Crippen molar-refractivity contribution in [3.8, 4) is 0 Å². The Balaban J connectivity index is 3.40. The number of rotatable bonds is 1. The molecule has 5 heteroatoms. The van der Waals surface area contributed by atoms with Crippen LogP contribution in [0, 0.1) is 5.82 Å². The third-order valence-electron chi connectivity index (χ3n) is 1.42. The molecule has 1 aromatic carbocycles. The topological polar surface area (TPSA) is 52.0 Å². The number of nitrogen functional groups attached to an aromatic ring is 2. The molecule has 0 bridgehead atoms. The van der Waals surface area contributed by atoms with Crippen LogP contribution in [0.5, 0.6) is 0 Å². The third kappa shape index (κ3) is 1.44. The van der Waals surface area contributed by atoms with E-state index in [2.05, 4.69) is 0 Å². The van der Waals surface area contributed by atoms with E-state index in [1.807, 2.05) is 0 Å². The maximum absolute atomic E-state index is 13.2. The van der Waals surface area contributed by atoms with Gasteiger partial charge >= 0.3 is 0 Å². The van der Waals surface area contributed by atoms with E-state index in [0.29, 0.717) is 10.6 Å². The van der Waals surface area contributed by atoms with Gasteiger partial charge in [0.2, 0.25) is 0 Å². The summed E-state index contributed by atoms with van der Waals surface area (Å²) >= 11 is 6.77. The van der Waals surface area contributed by atoms with E-state index in [0.717, 1.165) is 0 Å². The Morgan fingerprint density at radius 1 is 1.42 bits per heavy atom. The summed E-state index contributed by atoms with van der Waals surface area (Å²) in [5, 5.41) is -0.0615. The van der Waals surface area contributed by atoms with Gasteiger partial charge in [-0.15, -0.1) is 11.8 Å². The lowest BCUT2D eigenvalue weighted by Crippen LogP contribution is -1.97. The largest absolute Gasteiger partial charge is 0.398 e. The molecule has 4 N–H and O–H groups in total. The molecular weight excluding hydrogens is 199 g/mol. The first-order chi connectivity index (χ1) is 5.57. The van der Waals surface area contributed by atoms with Crippen LogP contribution in [0.15, 0.2) is 11.0 Å². The van der Waals surface area contributed by atoms with Gasteiger partial charge in [-0.25, -0.2) is 4.39 Å². The molecule has 0 heterocycles. The first-order valence-electron chi connectivity index (χ1n) is 3.15. The van der Waals surface area contributed by atoms with Crippen molar-refractivity contribution in [3.05, 3.63) is 16.9 Å². The molecule has 12 heavy (non-hydrogen) atoms. The van der Waals surface area contributed by atoms with Gasteiger partial charge in [0.15, 0.2) is 5.82 Å². The van der Waals surface area contributed by atoms with E-state index < -0.39 is 5.82 Å². The average molecular weight is 207 g/mol. The first kappa shape index (κ1) is 9.48. The highest BCUT2D eigenvalue weighted by Crippen LogP contribution is 2.34. The van der Waals surface area contributed by atoms with Gasteiger partial charge in [-0.3, -0.25) is 0 Å². The maximum atomic E-state index is 13.2. The summed E-state index contributed by atoms with van der Waals surface area (Å²) in [6.07, 6.45) is 1.72. The number of anilines is 2. The summed E-state index contributed by atoms with van der Waals surface area (Å²) in [6.45, 7) is 0. The fourth-order valence-electron chi connectivity index (χ4n) is 0.857. The highest BCUT2D eigenvalue weighted by Gasteiger charge is 2.12. The van der Waals surface area contributed by atoms with Crippen molar-refractivity contribution in [1.82, 2.24) is 0 Å². The zero-order valence-corrected chi connectivity index (χ0v) is 7.97. The van der Waals surface area contributed by atoms with Crippen LogP contribution in [0.1, 0.15) is 0 Å². The zero-order valence-electron chi connectivity index (χ0n) is 6.40. The van der Waals surface area contributed by atoms with Crippen LogP contribution in [0.3, 0.4) is 0 Å². The van der Waals surface area contributed by atoms with Crippen LogP contribution in [-0.2, 0) is 0 Å². The standard InChI is InChI=1S/C7H8ClFN2S/c1-12-7-4(11)2-3(10)5(8)6(7)9/h2H,10-11H2,1H3. The minimum absolute atomic E-state index is 0.0615. The molecule has 0 fully saturated rings. The number of nitrogens with two attached hydrogens (primary N) is 2. The second-order valence-electron chi connectivity index (χ2n) is 2.22. The SMILES string of the molecule is CSc1c(N)cc(N)c(Cl)c1F. The monoisotopic (exact) mass is 206 g/mol. The van der Waals surface area contributed by atoms with Crippen LogP contribution in [0.25, 0.3) is 0 Å². The van der Waals surface area contributed by atoms with Crippen molar-refractivity contribution in [2.24, 2.45) is 0 Å². The number of benzene rings is 1. The van der Waals surface area contributed by atoms with E-state index in [9.17, 15) is 4.39 Å². The Labute approximate surface area is 79.1 Å². The molecule has 0 saturated heterocycles. The fourth-order valence-corrected chi connectivity index (χ4v) is 1.64. The molecule has 1 aromatic rings. The molecule has 0 amide bonds. The summed E-state index contributed by atoms with van der Waals surface area (Å²) < 4.78 is 13.2.